The topological polar surface area (TPSA) is 58.4 Å². The lowest BCUT2D eigenvalue weighted by molar-refractivity contribution is 0.0692. The van der Waals surface area contributed by atoms with Crippen LogP contribution in [0.15, 0.2) is 24.7 Å². The van der Waals surface area contributed by atoms with Gasteiger partial charge in [0.25, 0.3) is 0 Å². The molecule has 1 saturated carbocycles. The zero-order valence-electron chi connectivity index (χ0n) is 11.9. The molecule has 3 rings (SSSR count). The van der Waals surface area contributed by atoms with Crippen molar-refractivity contribution in [3.63, 3.8) is 0 Å². The molecule has 2 aromatic rings. The fraction of sp³-hybridized carbons (Fsp3) is 0.333. The molecule has 0 unspecified atom stereocenters. The summed E-state index contributed by atoms with van der Waals surface area (Å²) in [5, 5.41) is 9.09. The highest BCUT2D eigenvalue weighted by Crippen LogP contribution is 2.39. The number of imidazole rings is 1. The fourth-order valence-electron chi connectivity index (χ4n) is 2.34. The molecule has 1 heterocycles. The van der Waals surface area contributed by atoms with E-state index in [-0.39, 0.29) is 5.56 Å². The van der Waals surface area contributed by atoms with Crippen LogP contribution in [0.5, 0.6) is 0 Å². The number of anilines is 1. The van der Waals surface area contributed by atoms with E-state index in [1.54, 1.807) is 29.9 Å². The summed E-state index contributed by atoms with van der Waals surface area (Å²) in [6, 6.07) is 2.60. The molecule has 1 aromatic heterocycles. The van der Waals surface area contributed by atoms with Crippen LogP contribution >= 0.6 is 0 Å². The molecular formula is C15H16FN3O2. The molecular weight excluding hydrogens is 273 g/mol. The summed E-state index contributed by atoms with van der Waals surface area (Å²) in [6.45, 7) is 0. The molecule has 0 amide bonds. The quantitative estimate of drug-likeness (QED) is 0.940. The van der Waals surface area contributed by atoms with E-state index >= 15 is 0 Å². The Morgan fingerprint density at radius 1 is 1.43 bits per heavy atom. The molecule has 1 aliphatic rings. The van der Waals surface area contributed by atoms with E-state index in [1.807, 2.05) is 6.20 Å². The maximum absolute atomic E-state index is 13.9. The minimum Gasteiger partial charge on any atom is -0.478 e. The molecule has 0 spiro atoms. The number of rotatable bonds is 4. The first-order valence-electron chi connectivity index (χ1n) is 6.76. The van der Waals surface area contributed by atoms with Crippen molar-refractivity contribution in [1.82, 2.24) is 9.55 Å². The Morgan fingerprint density at radius 2 is 2.14 bits per heavy atom. The van der Waals surface area contributed by atoms with Gasteiger partial charge in [0.05, 0.1) is 29.0 Å². The molecule has 0 saturated heterocycles. The summed E-state index contributed by atoms with van der Waals surface area (Å²) in [5.41, 5.74) is 1.88. The first kappa shape index (κ1) is 13.6. The molecule has 110 valence electrons. The summed E-state index contributed by atoms with van der Waals surface area (Å²) < 4.78 is 15.6. The first-order valence-corrected chi connectivity index (χ1v) is 6.76. The van der Waals surface area contributed by atoms with Crippen molar-refractivity contribution in [3.8, 4) is 5.69 Å². The van der Waals surface area contributed by atoms with Gasteiger partial charge in [0, 0.05) is 32.3 Å². The molecule has 1 aliphatic carbocycles. The average molecular weight is 289 g/mol. The Labute approximate surface area is 121 Å². The maximum Gasteiger partial charge on any atom is 0.338 e. The van der Waals surface area contributed by atoms with Gasteiger partial charge < -0.3 is 14.6 Å². The van der Waals surface area contributed by atoms with E-state index < -0.39 is 11.8 Å². The van der Waals surface area contributed by atoms with Crippen molar-refractivity contribution in [2.24, 2.45) is 0 Å². The van der Waals surface area contributed by atoms with Crippen molar-refractivity contribution < 1.29 is 14.3 Å². The highest BCUT2D eigenvalue weighted by Gasteiger charge is 2.26. The Hall–Kier alpha value is -2.37. The van der Waals surface area contributed by atoms with Crippen molar-refractivity contribution in [1.29, 1.82) is 0 Å². The molecule has 1 fully saturated rings. The highest BCUT2D eigenvalue weighted by atomic mass is 19.1. The predicted molar refractivity (Wildman–Crippen MR) is 76.8 cm³/mol. The van der Waals surface area contributed by atoms with Gasteiger partial charge in [-0.25, -0.2) is 14.2 Å². The number of hydrogen-bond acceptors (Lipinski definition) is 3. The average Bonchev–Trinajstić information content (AvgIpc) is 3.16. The van der Waals surface area contributed by atoms with Gasteiger partial charge in [0.2, 0.25) is 0 Å². The van der Waals surface area contributed by atoms with E-state index in [1.165, 1.54) is 12.1 Å². The third-order valence-corrected chi connectivity index (χ3v) is 3.65. The zero-order chi connectivity index (χ0) is 15.1. The number of carboxylic acid groups (broad SMARTS) is 1. The molecule has 0 atom stereocenters. The number of hydrogen-bond donors (Lipinski definition) is 1. The van der Waals surface area contributed by atoms with Gasteiger partial charge in [-0.15, -0.1) is 0 Å². The number of nitrogens with zero attached hydrogens (tertiary/aromatic N) is 3. The van der Waals surface area contributed by atoms with Gasteiger partial charge in [-0.2, -0.15) is 0 Å². The van der Waals surface area contributed by atoms with E-state index in [0.717, 1.165) is 18.5 Å². The summed E-state index contributed by atoms with van der Waals surface area (Å²) in [7, 11) is 3.58. The van der Waals surface area contributed by atoms with Crippen LogP contribution in [0.25, 0.3) is 5.69 Å². The Kier molecular flexibility index (Phi) is 3.16. The summed E-state index contributed by atoms with van der Waals surface area (Å²) >= 11 is 0. The highest BCUT2D eigenvalue weighted by molar-refractivity contribution is 5.90. The lowest BCUT2D eigenvalue weighted by atomic mass is 10.1. The summed E-state index contributed by atoms with van der Waals surface area (Å²) in [6.07, 6.45) is 5.83. The number of aromatic carboxylic acids is 1. The fourth-order valence-corrected chi connectivity index (χ4v) is 2.34. The van der Waals surface area contributed by atoms with Crippen molar-refractivity contribution in [2.45, 2.75) is 18.8 Å². The number of aromatic nitrogens is 2. The molecule has 1 N–H and O–H groups in total. The third kappa shape index (κ3) is 2.49. The lowest BCUT2D eigenvalue weighted by Gasteiger charge is -2.18. The number of benzene rings is 1. The predicted octanol–water partition coefficient (Wildman–Crippen LogP) is 2.65. The van der Waals surface area contributed by atoms with Crippen molar-refractivity contribution in [2.75, 3.05) is 19.0 Å². The van der Waals surface area contributed by atoms with E-state index in [2.05, 4.69) is 4.98 Å². The van der Waals surface area contributed by atoms with Gasteiger partial charge in [0.15, 0.2) is 0 Å². The minimum atomic E-state index is -1.28. The number of carboxylic acids is 1. The monoisotopic (exact) mass is 289 g/mol. The Morgan fingerprint density at radius 3 is 2.71 bits per heavy atom. The maximum atomic E-state index is 13.9. The normalized spacial score (nSPS) is 14.2. The molecule has 1 aromatic carbocycles. The SMILES string of the molecule is CN(C)c1cc(F)c(C(=O)O)cc1-n1cnc(C2CC2)c1. The van der Waals surface area contributed by atoms with Crippen LogP contribution < -0.4 is 4.90 Å². The van der Waals surface area contributed by atoms with E-state index in [0.29, 0.717) is 17.3 Å². The molecule has 21 heavy (non-hydrogen) atoms. The smallest absolute Gasteiger partial charge is 0.338 e. The summed E-state index contributed by atoms with van der Waals surface area (Å²) in [4.78, 5) is 17.2. The van der Waals surface area contributed by atoms with Gasteiger partial charge >= 0.3 is 5.97 Å². The van der Waals surface area contributed by atoms with Crippen LogP contribution in [0.1, 0.15) is 34.8 Å². The van der Waals surface area contributed by atoms with Gasteiger partial charge in [-0.1, -0.05) is 0 Å². The standard InChI is InChI=1S/C15H16FN3O2/c1-18(2)13-6-11(16)10(15(20)21)5-14(13)19-7-12(17-8-19)9-3-4-9/h5-9H,3-4H2,1-2H3,(H,20,21). The van der Waals surface area contributed by atoms with Crippen LogP contribution in [-0.2, 0) is 0 Å². The molecule has 0 bridgehead atoms. The van der Waals surface area contributed by atoms with Gasteiger partial charge in [-0.05, 0) is 18.9 Å². The van der Waals surface area contributed by atoms with Crippen LogP contribution in [0.4, 0.5) is 10.1 Å². The largest absolute Gasteiger partial charge is 0.478 e. The van der Waals surface area contributed by atoms with Gasteiger partial charge in [0.1, 0.15) is 5.82 Å². The molecule has 0 radical (unpaired) electrons. The van der Waals surface area contributed by atoms with Gasteiger partial charge in [-0.3, -0.25) is 0 Å². The second-order valence-corrected chi connectivity index (χ2v) is 5.50. The second-order valence-electron chi connectivity index (χ2n) is 5.50. The third-order valence-electron chi connectivity index (χ3n) is 3.65. The lowest BCUT2D eigenvalue weighted by Crippen LogP contribution is -2.14. The van der Waals surface area contributed by atoms with Crippen LogP contribution in [0, 0.1) is 5.82 Å². The van der Waals surface area contributed by atoms with Crippen molar-refractivity contribution >= 4 is 11.7 Å². The molecule has 5 nitrogen and oxygen atoms in total. The van der Waals surface area contributed by atoms with Crippen LogP contribution in [-0.4, -0.2) is 34.7 Å². The Bertz CT molecular complexity index is 705. The number of halogens is 1. The van der Waals surface area contributed by atoms with E-state index in [9.17, 15) is 9.18 Å². The summed E-state index contributed by atoms with van der Waals surface area (Å²) in [5.74, 6) is -1.51. The van der Waals surface area contributed by atoms with Crippen LogP contribution in [0.2, 0.25) is 0 Å². The Balaban J connectivity index is 2.12. The van der Waals surface area contributed by atoms with Crippen LogP contribution in [0.3, 0.4) is 0 Å². The van der Waals surface area contributed by atoms with Crippen molar-refractivity contribution in [3.05, 3.63) is 41.7 Å². The number of carbonyl (C=O) groups is 1. The molecule has 6 heteroatoms. The van der Waals surface area contributed by atoms with E-state index in [4.69, 9.17) is 5.11 Å². The first-order chi connectivity index (χ1) is 9.97. The zero-order valence-corrected chi connectivity index (χ0v) is 11.9. The minimum absolute atomic E-state index is 0.336. The second kappa shape index (κ2) is 4.87. The molecule has 0 aliphatic heterocycles.